The van der Waals surface area contributed by atoms with Gasteiger partial charge < -0.3 is 14.8 Å². The molecule has 4 nitrogen and oxygen atoms in total. The first-order valence-corrected chi connectivity index (χ1v) is 6.79. The molecule has 0 aromatic heterocycles. The number of halogens is 2. The summed E-state index contributed by atoms with van der Waals surface area (Å²) in [4.78, 5) is 12.3. The summed E-state index contributed by atoms with van der Waals surface area (Å²) in [6.45, 7) is 0. The fourth-order valence-electron chi connectivity index (χ4n) is 1.80. The zero-order valence-corrected chi connectivity index (χ0v) is 13.0. The molecule has 0 aliphatic carbocycles. The normalized spacial score (nSPS) is 10.1. The molecular weight excluding hydrogens is 313 g/mol. The molecule has 0 aliphatic rings. The minimum atomic E-state index is -0.408. The van der Waals surface area contributed by atoms with Gasteiger partial charge in [-0.3, -0.25) is 4.79 Å². The highest BCUT2D eigenvalue weighted by atomic mass is 35.5. The van der Waals surface area contributed by atoms with Crippen LogP contribution < -0.4 is 14.8 Å². The summed E-state index contributed by atoms with van der Waals surface area (Å²) in [5, 5.41) is 3.29. The Labute approximate surface area is 132 Å². The van der Waals surface area contributed by atoms with Crippen LogP contribution in [0.25, 0.3) is 0 Å². The third-order valence-corrected chi connectivity index (χ3v) is 3.48. The van der Waals surface area contributed by atoms with E-state index >= 15 is 0 Å². The number of methoxy groups -OCH3 is 2. The second-order valence-corrected chi connectivity index (χ2v) is 4.93. The van der Waals surface area contributed by atoms with Crippen molar-refractivity contribution in [2.24, 2.45) is 0 Å². The second-order valence-electron chi connectivity index (χ2n) is 4.12. The van der Waals surface area contributed by atoms with Gasteiger partial charge in [0.05, 0.1) is 35.5 Å². The highest BCUT2D eigenvalue weighted by Gasteiger charge is 2.16. The summed E-state index contributed by atoms with van der Waals surface area (Å²) >= 11 is 12.0. The third kappa shape index (κ3) is 3.40. The van der Waals surface area contributed by atoms with Crippen molar-refractivity contribution >= 4 is 34.8 Å². The number of nitrogens with one attached hydrogen (secondary N) is 1. The molecule has 1 amide bonds. The van der Waals surface area contributed by atoms with Gasteiger partial charge in [-0.2, -0.15) is 0 Å². The van der Waals surface area contributed by atoms with E-state index in [1.807, 2.05) is 0 Å². The smallest absolute Gasteiger partial charge is 0.258 e. The fourth-order valence-corrected chi connectivity index (χ4v) is 2.37. The maximum atomic E-state index is 12.3. The van der Waals surface area contributed by atoms with E-state index in [9.17, 15) is 4.79 Å². The molecular formula is C15H13Cl2NO3. The van der Waals surface area contributed by atoms with Crippen molar-refractivity contribution in [2.45, 2.75) is 0 Å². The number of anilines is 1. The number of hydrogen-bond donors (Lipinski definition) is 1. The van der Waals surface area contributed by atoms with E-state index in [4.69, 9.17) is 32.7 Å². The Kier molecular flexibility index (Phi) is 4.94. The Morgan fingerprint density at radius 1 is 1.05 bits per heavy atom. The van der Waals surface area contributed by atoms with Gasteiger partial charge in [0.2, 0.25) is 0 Å². The van der Waals surface area contributed by atoms with Crippen molar-refractivity contribution in [3.63, 3.8) is 0 Å². The lowest BCUT2D eigenvalue weighted by atomic mass is 10.2. The van der Waals surface area contributed by atoms with Crippen LogP contribution in [0.4, 0.5) is 5.69 Å². The van der Waals surface area contributed by atoms with Crippen LogP contribution in [0.2, 0.25) is 10.0 Å². The van der Waals surface area contributed by atoms with E-state index in [2.05, 4.69) is 5.32 Å². The molecule has 0 spiro atoms. The van der Waals surface area contributed by atoms with Crippen LogP contribution in [0.5, 0.6) is 11.5 Å². The maximum absolute atomic E-state index is 12.3. The quantitative estimate of drug-likeness (QED) is 0.913. The molecule has 2 rings (SSSR count). The molecule has 0 atom stereocenters. The van der Waals surface area contributed by atoms with Gasteiger partial charge in [-0.25, -0.2) is 0 Å². The molecule has 0 fully saturated rings. The van der Waals surface area contributed by atoms with E-state index in [-0.39, 0.29) is 15.6 Å². The average Bonchev–Trinajstić information content (AvgIpc) is 2.47. The molecule has 0 bridgehead atoms. The minimum absolute atomic E-state index is 0.221. The number of carbonyl (C=O) groups is 1. The summed E-state index contributed by atoms with van der Waals surface area (Å²) < 4.78 is 10.3. The Morgan fingerprint density at radius 2 is 1.71 bits per heavy atom. The van der Waals surface area contributed by atoms with Gasteiger partial charge >= 0.3 is 0 Å². The molecule has 1 N–H and O–H groups in total. The second kappa shape index (κ2) is 6.70. The molecule has 0 radical (unpaired) electrons. The summed E-state index contributed by atoms with van der Waals surface area (Å²) in [6.07, 6.45) is 0. The first kappa shape index (κ1) is 15.5. The van der Waals surface area contributed by atoms with Gasteiger partial charge in [0.15, 0.2) is 0 Å². The summed E-state index contributed by atoms with van der Waals surface area (Å²) in [7, 11) is 3.06. The van der Waals surface area contributed by atoms with Crippen molar-refractivity contribution in [3.05, 3.63) is 52.0 Å². The van der Waals surface area contributed by atoms with Crippen LogP contribution in [-0.2, 0) is 0 Å². The molecule has 2 aromatic carbocycles. The number of carbonyl (C=O) groups excluding carboxylic acids is 1. The van der Waals surface area contributed by atoms with E-state index in [0.29, 0.717) is 17.2 Å². The highest BCUT2D eigenvalue weighted by molar-refractivity contribution is 6.40. The van der Waals surface area contributed by atoms with Gasteiger partial charge in [-0.05, 0) is 24.3 Å². The Balaban J connectivity index is 2.32. The molecule has 0 unspecified atom stereocenters. The molecule has 6 heteroatoms. The van der Waals surface area contributed by atoms with Crippen LogP contribution >= 0.6 is 23.2 Å². The Hall–Kier alpha value is -1.91. The lowest BCUT2D eigenvalue weighted by Gasteiger charge is -2.12. The van der Waals surface area contributed by atoms with E-state index < -0.39 is 5.91 Å². The molecule has 0 heterocycles. The van der Waals surface area contributed by atoms with Gasteiger partial charge in [0.1, 0.15) is 11.5 Å². The first-order chi connectivity index (χ1) is 10.1. The zero-order valence-electron chi connectivity index (χ0n) is 11.4. The van der Waals surface area contributed by atoms with Gasteiger partial charge in [0, 0.05) is 6.07 Å². The van der Waals surface area contributed by atoms with E-state index in [0.717, 1.165) is 0 Å². The molecule has 110 valence electrons. The third-order valence-electron chi connectivity index (χ3n) is 2.85. The topological polar surface area (TPSA) is 47.6 Å². The molecule has 0 aliphatic heterocycles. The van der Waals surface area contributed by atoms with Crippen molar-refractivity contribution in [2.75, 3.05) is 19.5 Å². The largest absolute Gasteiger partial charge is 0.497 e. The summed E-state index contributed by atoms with van der Waals surface area (Å²) in [5.74, 6) is 0.695. The van der Waals surface area contributed by atoms with Crippen LogP contribution in [0.3, 0.4) is 0 Å². The molecule has 0 saturated carbocycles. The predicted molar refractivity (Wildman–Crippen MR) is 84.0 cm³/mol. The van der Waals surface area contributed by atoms with Crippen molar-refractivity contribution in [1.29, 1.82) is 0 Å². The monoisotopic (exact) mass is 325 g/mol. The van der Waals surface area contributed by atoms with Crippen LogP contribution in [0, 0.1) is 0 Å². The van der Waals surface area contributed by atoms with Crippen LogP contribution in [0.15, 0.2) is 36.4 Å². The molecule has 0 saturated heterocycles. The lowest BCUT2D eigenvalue weighted by molar-refractivity contribution is 0.102. The van der Waals surface area contributed by atoms with Crippen molar-refractivity contribution < 1.29 is 14.3 Å². The standard InChI is InChI=1S/C15H13Cl2NO3/c1-20-9-6-7-12(13(8-9)21-2)18-15(19)14-10(16)4-3-5-11(14)17/h3-8H,1-2H3,(H,18,19). The van der Waals surface area contributed by atoms with Gasteiger partial charge in [0.25, 0.3) is 5.91 Å². The van der Waals surface area contributed by atoms with E-state index in [1.54, 1.807) is 43.5 Å². The predicted octanol–water partition coefficient (Wildman–Crippen LogP) is 4.26. The fraction of sp³-hybridized carbons (Fsp3) is 0.133. The summed E-state index contributed by atoms with van der Waals surface area (Å²) in [6, 6.07) is 9.95. The van der Waals surface area contributed by atoms with Crippen molar-refractivity contribution in [1.82, 2.24) is 0 Å². The minimum Gasteiger partial charge on any atom is -0.497 e. The van der Waals surface area contributed by atoms with Crippen LogP contribution in [0.1, 0.15) is 10.4 Å². The first-order valence-electron chi connectivity index (χ1n) is 6.04. The van der Waals surface area contributed by atoms with Crippen molar-refractivity contribution in [3.8, 4) is 11.5 Å². The summed E-state index contributed by atoms with van der Waals surface area (Å²) in [5.41, 5.74) is 0.720. The van der Waals surface area contributed by atoms with Gasteiger partial charge in [-0.1, -0.05) is 29.3 Å². The Bertz CT molecular complexity index is 654. The average molecular weight is 326 g/mol. The number of amides is 1. The SMILES string of the molecule is COc1ccc(NC(=O)c2c(Cl)cccc2Cl)c(OC)c1. The zero-order chi connectivity index (χ0) is 15.4. The molecule has 2 aromatic rings. The lowest BCUT2D eigenvalue weighted by Crippen LogP contribution is -2.13. The molecule has 21 heavy (non-hydrogen) atoms. The van der Waals surface area contributed by atoms with E-state index in [1.165, 1.54) is 7.11 Å². The number of rotatable bonds is 4. The number of hydrogen-bond acceptors (Lipinski definition) is 3. The highest BCUT2D eigenvalue weighted by Crippen LogP contribution is 2.31. The van der Waals surface area contributed by atoms with Crippen LogP contribution in [-0.4, -0.2) is 20.1 Å². The Morgan fingerprint density at radius 3 is 2.29 bits per heavy atom. The maximum Gasteiger partial charge on any atom is 0.258 e. The van der Waals surface area contributed by atoms with Gasteiger partial charge in [-0.15, -0.1) is 0 Å². The number of ether oxygens (including phenoxy) is 2. The number of benzene rings is 2.